The lowest BCUT2D eigenvalue weighted by Gasteiger charge is -2.12. The van der Waals surface area contributed by atoms with Gasteiger partial charge in [0.25, 0.3) is 20.2 Å². The summed E-state index contributed by atoms with van der Waals surface area (Å²) in [7, 11) is -9.04. The van der Waals surface area contributed by atoms with E-state index in [0.717, 1.165) is 6.07 Å². The first-order valence-corrected chi connectivity index (χ1v) is 8.96. The highest BCUT2D eigenvalue weighted by molar-refractivity contribution is 7.86. The van der Waals surface area contributed by atoms with Crippen molar-refractivity contribution in [3.05, 3.63) is 29.8 Å². The van der Waals surface area contributed by atoms with Gasteiger partial charge in [-0.3, -0.25) is 9.11 Å². The molecular formula is C12H13NO7S2. The summed E-state index contributed by atoms with van der Waals surface area (Å²) < 4.78 is 62.4. The van der Waals surface area contributed by atoms with Gasteiger partial charge in [-0.15, -0.1) is 0 Å². The fourth-order valence-electron chi connectivity index (χ4n) is 2.04. The Morgan fingerprint density at radius 3 is 2.23 bits per heavy atom. The predicted molar refractivity (Wildman–Crippen MR) is 80.2 cm³/mol. The molecule has 2 aromatic carbocycles. The van der Waals surface area contributed by atoms with Gasteiger partial charge in [0.2, 0.25) is 0 Å². The van der Waals surface area contributed by atoms with Gasteiger partial charge in [-0.1, -0.05) is 6.07 Å². The number of phenolic OH excluding ortho intramolecular Hbond substituents is 1. The zero-order chi connectivity index (χ0) is 16.7. The normalized spacial score (nSPS) is 12.5. The van der Waals surface area contributed by atoms with Crippen LogP contribution in [0.5, 0.6) is 5.75 Å². The molecule has 0 amide bonds. The van der Waals surface area contributed by atoms with Gasteiger partial charge >= 0.3 is 0 Å². The van der Waals surface area contributed by atoms with Crippen molar-refractivity contribution in [1.82, 2.24) is 0 Å². The molecule has 0 aliphatic heterocycles. The van der Waals surface area contributed by atoms with Crippen molar-refractivity contribution in [3.8, 4) is 5.75 Å². The van der Waals surface area contributed by atoms with E-state index in [4.69, 9.17) is 4.55 Å². The Hall–Kier alpha value is -1.88. The van der Waals surface area contributed by atoms with Crippen LogP contribution in [0.3, 0.4) is 0 Å². The van der Waals surface area contributed by atoms with Crippen molar-refractivity contribution in [2.24, 2.45) is 0 Å². The fraction of sp³-hybridized carbons (Fsp3) is 0.167. The number of anilines is 1. The molecule has 0 unspecified atom stereocenters. The van der Waals surface area contributed by atoms with E-state index in [1.165, 1.54) is 12.1 Å². The Morgan fingerprint density at radius 2 is 1.68 bits per heavy atom. The van der Waals surface area contributed by atoms with Crippen molar-refractivity contribution >= 4 is 36.7 Å². The maximum Gasteiger partial charge on any atom is 0.296 e. The van der Waals surface area contributed by atoms with E-state index >= 15 is 0 Å². The van der Waals surface area contributed by atoms with Crippen molar-refractivity contribution in [2.75, 3.05) is 11.2 Å². The summed E-state index contributed by atoms with van der Waals surface area (Å²) in [5.41, 5.74) is 0.414. The minimum atomic E-state index is -4.64. The molecule has 0 radical (unpaired) electrons. The largest absolute Gasteiger partial charge is 0.507 e. The van der Waals surface area contributed by atoms with Crippen molar-refractivity contribution in [1.29, 1.82) is 0 Å². The lowest BCUT2D eigenvalue weighted by atomic mass is 10.1. The molecule has 0 saturated heterocycles. The molecule has 120 valence electrons. The Bertz CT molecular complexity index is 949. The third-order valence-corrected chi connectivity index (χ3v) is 4.30. The highest BCUT2D eigenvalue weighted by Gasteiger charge is 2.19. The number of benzene rings is 2. The first-order chi connectivity index (χ1) is 9.97. The van der Waals surface area contributed by atoms with Gasteiger partial charge in [-0.2, -0.15) is 16.8 Å². The molecular weight excluding hydrogens is 334 g/mol. The molecule has 2 aromatic rings. The first kappa shape index (κ1) is 16.5. The number of hydrogen-bond donors (Lipinski definition) is 4. The van der Waals surface area contributed by atoms with Gasteiger partial charge in [0, 0.05) is 5.39 Å². The third-order valence-electron chi connectivity index (χ3n) is 2.90. The summed E-state index contributed by atoms with van der Waals surface area (Å²) in [6.07, 6.45) is 0. The standard InChI is InChI=1S/C12H13NO7S2/c1-7-2-8-4-12(22(18,19)20)10(13-6-21(15,16)17)5-9(8)11(14)3-7/h2-5,13-14H,6H2,1H3,(H,15,16,17)(H,18,19,20). The number of hydrogen-bond acceptors (Lipinski definition) is 6. The molecule has 8 nitrogen and oxygen atoms in total. The Morgan fingerprint density at radius 1 is 1.05 bits per heavy atom. The number of aromatic hydroxyl groups is 1. The summed E-state index contributed by atoms with van der Waals surface area (Å²) >= 11 is 0. The van der Waals surface area contributed by atoms with E-state index in [1.54, 1.807) is 13.0 Å². The second-order valence-corrected chi connectivity index (χ2v) is 7.57. The quantitative estimate of drug-likeness (QED) is 0.607. The topological polar surface area (TPSA) is 141 Å². The third kappa shape index (κ3) is 3.65. The van der Waals surface area contributed by atoms with Crippen LogP contribution >= 0.6 is 0 Å². The van der Waals surface area contributed by atoms with Crippen LogP contribution in [0, 0.1) is 6.92 Å². The summed E-state index contributed by atoms with van der Waals surface area (Å²) in [5.74, 6) is -1.08. The van der Waals surface area contributed by atoms with Crippen LogP contribution in [0.2, 0.25) is 0 Å². The molecule has 22 heavy (non-hydrogen) atoms. The molecule has 0 aliphatic carbocycles. The highest BCUT2D eigenvalue weighted by Crippen LogP contribution is 2.33. The van der Waals surface area contributed by atoms with Crippen LogP contribution in [0.1, 0.15) is 5.56 Å². The van der Waals surface area contributed by atoms with E-state index in [1.807, 2.05) is 0 Å². The second kappa shape index (κ2) is 5.39. The Kier molecular flexibility index (Phi) is 4.04. The maximum atomic E-state index is 11.4. The molecule has 10 heteroatoms. The van der Waals surface area contributed by atoms with Gasteiger partial charge in [0.05, 0.1) is 5.69 Å². The minimum Gasteiger partial charge on any atom is -0.507 e. The van der Waals surface area contributed by atoms with Crippen LogP contribution in [-0.4, -0.2) is 36.9 Å². The predicted octanol–water partition coefficient (Wildman–Crippen LogP) is 1.36. The summed E-state index contributed by atoms with van der Waals surface area (Å²) in [5, 5.41) is 12.7. The molecule has 0 spiro atoms. The molecule has 0 fully saturated rings. The lowest BCUT2D eigenvalue weighted by molar-refractivity contribution is 0.479. The van der Waals surface area contributed by atoms with Gasteiger partial charge in [-0.05, 0) is 36.1 Å². The number of rotatable bonds is 4. The molecule has 2 rings (SSSR count). The van der Waals surface area contributed by atoms with Gasteiger partial charge in [0.15, 0.2) is 0 Å². The lowest BCUT2D eigenvalue weighted by Crippen LogP contribution is -2.15. The van der Waals surface area contributed by atoms with Crippen LogP contribution < -0.4 is 5.32 Å². The molecule has 0 saturated carbocycles. The number of aryl methyl sites for hydroxylation is 1. The van der Waals surface area contributed by atoms with Gasteiger partial charge in [0.1, 0.15) is 16.5 Å². The molecule has 0 atom stereocenters. The van der Waals surface area contributed by atoms with Crippen molar-refractivity contribution in [2.45, 2.75) is 11.8 Å². The molecule has 0 bridgehead atoms. The number of fused-ring (bicyclic) bond motifs is 1. The summed E-state index contributed by atoms with van der Waals surface area (Å²) in [6.45, 7) is 1.69. The second-order valence-electron chi connectivity index (χ2n) is 4.73. The maximum absolute atomic E-state index is 11.4. The van der Waals surface area contributed by atoms with E-state index in [2.05, 4.69) is 5.32 Å². The average Bonchev–Trinajstić information content (AvgIpc) is 2.33. The zero-order valence-electron chi connectivity index (χ0n) is 11.3. The SMILES string of the molecule is Cc1cc(O)c2cc(NCS(=O)(=O)O)c(S(=O)(=O)O)cc2c1. The molecule has 0 heterocycles. The molecule has 0 aliphatic rings. The number of phenols is 1. The monoisotopic (exact) mass is 347 g/mol. The van der Waals surface area contributed by atoms with E-state index < -0.39 is 31.0 Å². The highest BCUT2D eigenvalue weighted by atomic mass is 32.2. The average molecular weight is 347 g/mol. The van der Waals surface area contributed by atoms with Crippen molar-refractivity contribution < 1.29 is 31.0 Å². The number of nitrogens with one attached hydrogen (secondary N) is 1. The minimum absolute atomic E-state index is 0.133. The molecule has 0 aromatic heterocycles. The van der Waals surface area contributed by atoms with Crippen molar-refractivity contribution in [3.63, 3.8) is 0 Å². The summed E-state index contributed by atoms with van der Waals surface area (Å²) in [6, 6.07) is 5.32. The van der Waals surface area contributed by atoms with E-state index in [-0.39, 0.29) is 16.8 Å². The fourth-order valence-corrected chi connectivity index (χ4v) is 3.06. The van der Waals surface area contributed by atoms with Gasteiger partial charge < -0.3 is 10.4 Å². The van der Waals surface area contributed by atoms with Crippen LogP contribution in [0.15, 0.2) is 29.2 Å². The molecule has 4 N–H and O–H groups in total. The first-order valence-electron chi connectivity index (χ1n) is 5.91. The van der Waals surface area contributed by atoms with Crippen LogP contribution in [0.4, 0.5) is 5.69 Å². The van der Waals surface area contributed by atoms with E-state index in [9.17, 15) is 26.5 Å². The summed E-state index contributed by atoms with van der Waals surface area (Å²) in [4.78, 5) is -0.561. The van der Waals surface area contributed by atoms with Gasteiger partial charge in [-0.25, -0.2) is 0 Å². The Balaban J connectivity index is 2.71. The Labute approximate surface area is 126 Å². The van der Waals surface area contributed by atoms with Crippen LogP contribution in [-0.2, 0) is 20.2 Å². The van der Waals surface area contributed by atoms with E-state index in [0.29, 0.717) is 10.9 Å². The van der Waals surface area contributed by atoms with Crippen LogP contribution in [0.25, 0.3) is 10.8 Å². The smallest absolute Gasteiger partial charge is 0.296 e. The zero-order valence-corrected chi connectivity index (χ0v) is 12.9.